The van der Waals surface area contributed by atoms with Gasteiger partial charge in [0.15, 0.2) is 0 Å². The van der Waals surface area contributed by atoms with Gasteiger partial charge in [0.25, 0.3) is 0 Å². The van der Waals surface area contributed by atoms with E-state index in [1.54, 1.807) is 17.9 Å². The summed E-state index contributed by atoms with van der Waals surface area (Å²) in [6.45, 7) is 4.28. The quantitative estimate of drug-likeness (QED) is 0.312. The highest BCUT2D eigenvalue weighted by atomic mass is 32.1. The number of nitrogens with one attached hydrogen (secondary N) is 1. The smallest absolute Gasteiger partial charge is 0.341 e. The minimum atomic E-state index is -0.514. The second-order valence-electron chi connectivity index (χ2n) is 6.37. The first kappa shape index (κ1) is 21.7. The molecule has 2 aromatic heterocycles. The number of fused-ring (bicyclic) bond motifs is 1. The van der Waals surface area contributed by atoms with E-state index in [-0.39, 0.29) is 17.5 Å². The van der Waals surface area contributed by atoms with E-state index in [9.17, 15) is 24.5 Å². The van der Waals surface area contributed by atoms with Crippen LogP contribution in [-0.2, 0) is 27.3 Å². The van der Waals surface area contributed by atoms with Crippen molar-refractivity contribution >= 4 is 56.5 Å². The van der Waals surface area contributed by atoms with Gasteiger partial charge in [-0.15, -0.1) is 11.3 Å². The SMILES string of the molecule is CCOC(=O)c1c(NC(=O)/C=C/c2ccc([N+](=O)[O-])s2)sc2c1CCN(C(C)=O)C2. The standard InChI is InChI=1S/C19H19N3O6S2/c1-3-28-19(25)17-13-8-9-21(11(2)23)10-14(13)30-18(17)20-15(24)6-4-12-5-7-16(29-12)22(26)27/h4-7H,3,8-10H2,1-2H3,(H,20,24)/b6-4+. The highest BCUT2D eigenvalue weighted by Crippen LogP contribution is 2.37. The molecular weight excluding hydrogens is 430 g/mol. The molecule has 30 heavy (non-hydrogen) atoms. The zero-order valence-corrected chi connectivity index (χ0v) is 17.9. The van der Waals surface area contributed by atoms with Crippen LogP contribution in [0, 0.1) is 10.1 Å². The molecule has 1 aliphatic rings. The third-order valence-electron chi connectivity index (χ3n) is 4.41. The Balaban J connectivity index is 1.82. The van der Waals surface area contributed by atoms with E-state index in [1.165, 1.54) is 36.5 Å². The molecule has 3 rings (SSSR count). The van der Waals surface area contributed by atoms with Gasteiger partial charge in [-0.2, -0.15) is 0 Å². The Morgan fingerprint density at radius 1 is 1.33 bits per heavy atom. The Kier molecular flexibility index (Phi) is 6.63. The fraction of sp³-hybridized carbons (Fsp3) is 0.316. The monoisotopic (exact) mass is 449 g/mol. The number of nitro groups is 1. The van der Waals surface area contributed by atoms with Gasteiger partial charge >= 0.3 is 11.0 Å². The zero-order chi connectivity index (χ0) is 21.8. The average molecular weight is 450 g/mol. The van der Waals surface area contributed by atoms with E-state index in [1.807, 2.05) is 0 Å². The fourth-order valence-electron chi connectivity index (χ4n) is 3.02. The minimum Gasteiger partial charge on any atom is -0.462 e. The summed E-state index contributed by atoms with van der Waals surface area (Å²) in [4.78, 5) is 50.0. The molecule has 0 radical (unpaired) electrons. The molecule has 2 amide bonds. The number of nitrogens with zero attached hydrogens (tertiary/aromatic N) is 2. The third-order valence-corrected chi connectivity index (χ3v) is 6.54. The lowest BCUT2D eigenvalue weighted by Gasteiger charge is -2.25. The van der Waals surface area contributed by atoms with Crippen molar-refractivity contribution in [3.63, 3.8) is 0 Å². The van der Waals surface area contributed by atoms with Gasteiger partial charge in [-0.05, 0) is 31.1 Å². The molecule has 11 heteroatoms. The van der Waals surface area contributed by atoms with Crippen LogP contribution in [0.4, 0.5) is 10.0 Å². The summed E-state index contributed by atoms with van der Waals surface area (Å²) in [5.74, 6) is -1.04. The van der Waals surface area contributed by atoms with Crippen molar-refractivity contribution in [2.75, 3.05) is 18.5 Å². The molecule has 9 nitrogen and oxygen atoms in total. The van der Waals surface area contributed by atoms with Crippen LogP contribution in [0.3, 0.4) is 0 Å². The lowest BCUT2D eigenvalue weighted by Crippen LogP contribution is -2.34. The van der Waals surface area contributed by atoms with Crippen LogP contribution in [0.1, 0.15) is 39.5 Å². The second-order valence-corrected chi connectivity index (χ2v) is 8.57. The summed E-state index contributed by atoms with van der Waals surface area (Å²) in [5.41, 5.74) is 1.12. The van der Waals surface area contributed by atoms with Gasteiger partial charge in [0.1, 0.15) is 5.00 Å². The Morgan fingerprint density at radius 3 is 2.73 bits per heavy atom. The lowest BCUT2D eigenvalue weighted by molar-refractivity contribution is -0.380. The van der Waals surface area contributed by atoms with Crippen LogP contribution >= 0.6 is 22.7 Å². The van der Waals surface area contributed by atoms with Crippen LogP contribution in [0.25, 0.3) is 6.08 Å². The molecule has 0 aromatic carbocycles. The maximum atomic E-state index is 12.5. The summed E-state index contributed by atoms with van der Waals surface area (Å²) in [7, 11) is 0. The first-order valence-corrected chi connectivity index (χ1v) is 10.7. The van der Waals surface area contributed by atoms with Crippen LogP contribution in [0.15, 0.2) is 18.2 Å². The number of esters is 1. The maximum absolute atomic E-state index is 12.5. The molecule has 2 aromatic rings. The molecule has 0 fully saturated rings. The second kappa shape index (κ2) is 9.18. The van der Waals surface area contributed by atoms with Crippen molar-refractivity contribution in [1.82, 2.24) is 4.90 Å². The predicted octanol–water partition coefficient (Wildman–Crippen LogP) is 3.45. The first-order valence-electron chi connectivity index (χ1n) is 9.10. The van der Waals surface area contributed by atoms with Crippen LogP contribution < -0.4 is 5.32 Å². The number of hydrogen-bond donors (Lipinski definition) is 1. The summed E-state index contributed by atoms with van der Waals surface area (Å²) >= 11 is 2.20. The topological polar surface area (TPSA) is 119 Å². The maximum Gasteiger partial charge on any atom is 0.341 e. The predicted molar refractivity (Wildman–Crippen MR) is 114 cm³/mol. The number of carbonyl (C=O) groups is 3. The number of ether oxygens (including phenoxy) is 1. The van der Waals surface area contributed by atoms with Gasteiger partial charge in [0.2, 0.25) is 11.8 Å². The van der Waals surface area contributed by atoms with Crippen molar-refractivity contribution in [3.05, 3.63) is 49.2 Å². The Bertz CT molecular complexity index is 1040. The number of thiophene rings is 2. The molecule has 1 aliphatic heterocycles. The van der Waals surface area contributed by atoms with Gasteiger partial charge in [0, 0.05) is 35.4 Å². The van der Waals surface area contributed by atoms with Crippen molar-refractivity contribution in [2.24, 2.45) is 0 Å². The summed E-state index contributed by atoms with van der Waals surface area (Å²) in [5, 5.41) is 13.8. The molecule has 0 bridgehead atoms. The van der Waals surface area contributed by atoms with Gasteiger partial charge in [-0.25, -0.2) is 4.79 Å². The molecule has 0 aliphatic carbocycles. The molecule has 0 saturated heterocycles. The van der Waals surface area contributed by atoms with Crippen LogP contribution in [-0.4, -0.2) is 40.8 Å². The summed E-state index contributed by atoms with van der Waals surface area (Å²) in [6, 6.07) is 2.92. The van der Waals surface area contributed by atoms with Crippen molar-refractivity contribution in [1.29, 1.82) is 0 Å². The molecule has 3 heterocycles. The normalized spacial score (nSPS) is 13.2. The minimum absolute atomic E-state index is 0.0133. The van der Waals surface area contributed by atoms with Gasteiger partial charge in [-0.3, -0.25) is 19.7 Å². The van der Waals surface area contributed by atoms with Gasteiger partial charge in [0.05, 0.1) is 23.6 Å². The summed E-state index contributed by atoms with van der Waals surface area (Å²) < 4.78 is 5.16. The Labute approximate surface area is 180 Å². The average Bonchev–Trinajstić information content (AvgIpc) is 3.30. The van der Waals surface area contributed by atoms with Crippen molar-refractivity contribution in [3.8, 4) is 0 Å². The first-order chi connectivity index (χ1) is 14.3. The van der Waals surface area contributed by atoms with E-state index < -0.39 is 16.8 Å². The number of carbonyl (C=O) groups excluding carboxylic acids is 3. The van der Waals surface area contributed by atoms with Crippen molar-refractivity contribution in [2.45, 2.75) is 26.8 Å². The highest BCUT2D eigenvalue weighted by molar-refractivity contribution is 7.17. The van der Waals surface area contributed by atoms with Gasteiger partial charge < -0.3 is 15.0 Å². The summed E-state index contributed by atoms with van der Waals surface area (Å²) in [6.07, 6.45) is 3.23. The molecule has 0 spiro atoms. The van der Waals surface area contributed by atoms with Crippen LogP contribution in [0.5, 0.6) is 0 Å². The number of rotatable bonds is 6. The molecule has 158 valence electrons. The number of amides is 2. The molecule has 1 N–H and O–H groups in total. The van der Waals surface area contributed by atoms with Gasteiger partial charge in [-0.1, -0.05) is 11.3 Å². The third kappa shape index (κ3) is 4.74. The highest BCUT2D eigenvalue weighted by Gasteiger charge is 2.30. The van der Waals surface area contributed by atoms with E-state index >= 15 is 0 Å². The lowest BCUT2D eigenvalue weighted by atomic mass is 10.0. The fourth-order valence-corrected chi connectivity index (χ4v) is 5.00. The van der Waals surface area contributed by atoms with E-state index in [0.717, 1.165) is 21.8 Å². The molecular formula is C19H19N3O6S2. The largest absolute Gasteiger partial charge is 0.462 e. The van der Waals surface area contributed by atoms with E-state index in [0.29, 0.717) is 35.0 Å². The Hall–Kier alpha value is -3.05. The van der Waals surface area contributed by atoms with Crippen LogP contribution in [0.2, 0.25) is 0 Å². The molecule has 0 unspecified atom stereocenters. The molecule has 0 atom stereocenters. The zero-order valence-electron chi connectivity index (χ0n) is 16.3. The van der Waals surface area contributed by atoms with E-state index in [4.69, 9.17) is 4.74 Å². The number of hydrogen-bond acceptors (Lipinski definition) is 8. The number of anilines is 1. The molecule has 0 saturated carbocycles. The Morgan fingerprint density at radius 2 is 2.10 bits per heavy atom. The van der Waals surface area contributed by atoms with Crippen molar-refractivity contribution < 1.29 is 24.0 Å². The van der Waals surface area contributed by atoms with E-state index in [2.05, 4.69) is 5.32 Å².